The number of nitrogens with zero attached hydrogens (tertiary/aromatic N) is 3. The van der Waals surface area contributed by atoms with Crippen LogP contribution < -0.4 is 9.62 Å². The highest BCUT2D eigenvalue weighted by Gasteiger charge is 2.22. The van der Waals surface area contributed by atoms with E-state index < -0.39 is 34.3 Å². The molecule has 188 valence electrons. The van der Waals surface area contributed by atoms with Gasteiger partial charge in [-0.2, -0.15) is 0 Å². The van der Waals surface area contributed by atoms with Gasteiger partial charge in [0.25, 0.3) is 11.6 Å². The molecule has 0 spiro atoms. The average Bonchev–Trinajstić information content (AvgIpc) is 3.43. The Balaban J connectivity index is 1.78. The zero-order valence-electron chi connectivity index (χ0n) is 19.2. The monoisotopic (exact) mass is 519 g/mol. The second-order valence-corrected chi connectivity index (χ2v) is 9.20. The van der Waals surface area contributed by atoms with Crippen LogP contribution in [0.15, 0.2) is 90.2 Å². The van der Waals surface area contributed by atoms with Gasteiger partial charge in [0.15, 0.2) is 11.0 Å². The number of aromatic nitrogens is 2. The molecular weight excluding hydrogens is 498 g/mol. The van der Waals surface area contributed by atoms with Crippen molar-refractivity contribution in [3.05, 3.63) is 107 Å². The molecule has 0 saturated carbocycles. The number of carboxylic acid groups (broad SMARTS) is 1. The first-order valence-corrected chi connectivity index (χ1v) is 12.0. The lowest BCUT2D eigenvalue weighted by atomic mass is 9.98. The molecule has 1 aromatic heterocycles. The lowest BCUT2D eigenvalue weighted by Gasteiger charge is -2.24. The zero-order chi connectivity index (χ0) is 26.4. The first-order valence-electron chi connectivity index (χ1n) is 10.9. The molecule has 1 unspecified atom stereocenters. The van der Waals surface area contributed by atoms with Crippen LogP contribution in [0.4, 0.5) is 11.4 Å². The quantitative estimate of drug-likeness (QED) is 0.213. The van der Waals surface area contributed by atoms with Crippen molar-refractivity contribution in [3.8, 4) is 11.1 Å². The van der Waals surface area contributed by atoms with Gasteiger partial charge in [-0.3, -0.25) is 24.0 Å². The van der Waals surface area contributed by atoms with Crippen molar-refractivity contribution in [1.82, 2.24) is 15.3 Å². The number of H-pyrrole nitrogens is 1. The zero-order valence-corrected chi connectivity index (χ0v) is 20.1. The van der Waals surface area contributed by atoms with E-state index in [-0.39, 0.29) is 17.8 Å². The minimum absolute atomic E-state index is 0.121. The molecule has 0 aliphatic heterocycles. The van der Waals surface area contributed by atoms with E-state index in [1.54, 1.807) is 53.0 Å². The van der Waals surface area contributed by atoms with Crippen molar-refractivity contribution < 1.29 is 23.8 Å². The molecular formula is C25H21N5O6S. The number of hydrogen-bond donors (Lipinski definition) is 3. The maximum Gasteiger partial charge on any atom is 0.322 e. The number of hydrogen-bond acceptors (Lipinski definition) is 6. The molecule has 0 fully saturated rings. The fraction of sp³-hybridized carbons (Fsp3) is 0.0800. The molecule has 3 N–H and O–H groups in total. The van der Waals surface area contributed by atoms with Crippen molar-refractivity contribution >= 4 is 34.2 Å². The number of imidazole rings is 1. The maximum atomic E-state index is 13.7. The Hall–Kier alpha value is -4.84. The molecule has 37 heavy (non-hydrogen) atoms. The number of benzene rings is 3. The lowest BCUT2D eigenvalue weighted by molar-refractivity contribution is -0.384. The van der Waals surface area contributed by atoms with Crippen LogP contribution in [0.3, 0.4) is 0 Å². The fourth-order valence-electron chi connectivity index (χ4n) is 3.58. The van der Waals surface area contributed by atoms with Gasteiger partial charge in [0.2, 0.25) is 0 Å². The van der Waals surface area contributed by atoms with E-state index >= 15 is 0 Å². The number of carbonyl (C=O) groups is 2. The number of nitrogens with one attached hydrogen (secondary N) is 2. The third-order valence-corrected chi connectivity index (χ3v) is 6.75. The van der Waals surface area contributed by atoms with Crippen molar-refractivity contribution in [2.24, 2.45) is 0 Å². The topological polar surface area (TPSA) is 159 Å². The maximum absolute atomic E-state index is 13.7. The van der Waals surface area contributed by atoms with Crippen molar-refractivity contribution in [2.45, 2.75) is 11.4 Å². The molecule has 1 amide bonds. The van der Waals surface area contributed by atoms with Gasteiger partial charge >= 0.3 is 5.97 Å². The SMILES string of the molecule is O=C(O)CNC(=O)c1ccc(N(Cc2cnc[nH]2)S(=O)c2ccc([N+](=O)[O-])cc2)cc1-c1ccccc1. The Morgan fingerprint density at radius 3 is 2.43 bits per heavy atom. The van der Waals surface area contributed by atoms with Crippen LogP contribution in [-0.4, -0.2) is 42.6 Å². The third kappa shape index (κ3) is 6.05. The van der Waals surface area contributed by atoms with Gasteiger partial charge in [-0.05, 0) is 41.5 Å². The molecule has 4 rings (SSSR count). The van der Waals surface area contributed by atoms with E-state index in [1.165, 1.54) is 30.6 Å². The Morgan fingerprint density at radius 1 is 1.08 bits per heavy atom. The van der Waals surface area contributed by atoms with Crippen molar-refractivity contribution in [2.75, 3.05) is 10.8 Å². The first kappa shape index (κ1) is 25.3. The van der Waals surface area contributed by atoms with Gasteiger partial charge in [-0.1, -0.05) is 30.3 Å². The van der Waals surface area contributed by atoms with E-state index in [2.05, 4.69) is 15.3 Å². The summed E-state index contributed by atoms with van der Waals surface area (Å²) in [4.78, 5) is 41.6. The Morgan fingerprint density at radius 2 is 1.81 bits per heavy atom. The molecule has 3 aromatic carbocycles. The number of amides is 1. The molecule has 12 heteroatoms. The van der Waals surface area contributed by atoms with Gasteiger partial charge in [0, 0.05) is 23.9 Å². The Bertz CT molecular complexity index is 1440. The molecule has 0 saturated heterocycles. The predicted molar refractivity (Wildman–Crippen MR) is 136 cm³/mol. The lowest BCUT2D eigenvalue weighted by Crippen LogP contribution is -2.30. The summed E-state index contributed by atoms with van der Waals surface area (Å²) in [6.45, 7) is -0.382. The number of nitro groups is 1. The number of carboxylic acids is 1. The molecule has 0 radical (unpaired) electrons. The molecule has 11 nitrogen and oxygen atoms in total. The van der Waals surface area contributed by atoms with Crippen LogP contribution in [0, 0.1) is 10.1 Å². The molecule has 0 aliphatic rings. The van der Waals surface area contributed by atoms with Crippen molar-refractivity contribution in [1.29, 1.82) is 0 Å². The summed E-state index contributed by atoms with van der Waals surface area (Å²) in [5.74, 6) is -1.74. The van der Waals surface area contributed by atoms with Gasteiger partial charge in [-0.15, -0.1) is 0 Å². The first-order chi connectivity index (χ1) is 17.8. The second kappa shape index (κ2) is 11.3. The highest BCUT2D eigenvalue weighted by Crippen LogP contribution is 2.31. The minimum Gasteiger partial charge on any atom is -0.480 e. The standard InChI is InChI=1S/C25H21N5O6S/c31-24(32)14-27-25(33)22-11-8-20(12-23(22)17-4-2-1-3-5-17)29(15-18-13-26-16-28-18)37(36)21-9-6-19(7-10-21)30(34)35/h1-13,16H,14-15H2,(H,26,28)(H,27,33)(H,31,32). The van der Waals surface area contributed by atoms with E-state index in [0.29, 0.717) is 27.4 Å². The molecule has 1 heterocycles. The van der Waals surface area contributed by atoms with Gasteiger partial charge in [0.05, 0.1) is 34.1 Å². The van der Waals surface area contributed by atoms with Gasteiger partial charge in [0.1, 0.15) is 6.54 Å². The average molecular weight is 520 g/mol. The van der Waals surface area contributed by atoms with Gasteiger partial charge in [-0.25, -0.2) is 9.19 Å². The summed E-state index contributed by atoms with van der Waals surface area (Å²) in [5, 5.41) is 22.4. The number of aliphatic carboxylic acids is 1. The minimum atomic E-state index is -1.79. The van der Waals surface area contributed by atoms with Crippen LogP contribution in [0.5, 0.6) is 0 Å². The van der Waals surface area contributed by atoms with Crippen LogP contribution in [0.25, 0.3) is 11.1 Å². The Labute approximate surface area is 213 Å². The Kier molecular flexibility index (Phi) is 7.69. The predicted octanol–water partition coefficient (Wildman–Crippen LogP) is 3.53. The van der Waals surface area contributed by atoms with Crippen LogP contribution in [0.1, 0.15) is 16.1 Å². The van der Waals surface area contributed by atoms with E-state index in [1.807, 2.05) is 6.07 Å². The largest absolute Gasteiger partial charge is 0.480 e. The normalized spacial score (nSPS) is 11.5. The number of aromatic amines is 1. The smallest absolute Gasteiger partial charge is 0.322 e. The summed E-state index contributed by atoms with van der Waals surface area (Å²) in [6.07, 6.45) is 3.08. The number of nitro benzene ring substituents is 1. The highest BCUT2D eigenvalue weighted by atomic mass is 32.2. The summed E-state index contributed by atoms with van der Waals surface area (Å²) in [7, 11) is -1.79. The second-order valence-electron chi connectivity index (χ2n) is 7.79. The van der Waals surface area contributed by atoms with E-state index in [4.69, 9.17) is 5.11 Å². The van der Waals surface area contributed by atoms with Crippen molar-refractivity contribution in [3.63, 3.8) is 0 Å². The summed E-state index contributed by atoms with van der Waals surface area (Å²) < 4.78 is 15.3. The fourth-order valence-corrected chi connectivity index (χ4v) is 4.76. The number of non-ortho nitro benzene ring substituents is 1. The summed E-state index contributed by atoms with van der Waals surface area (Å²) >= 11 is 0. The molecule has 1 atom stereocenters. The summed E-state index contributed by atoms with van der Waals surface area (Å²) in [6, 6.07) is 19.3. The van der Waals surface area contributed by atoms with Crippen LogP contribution >= 0.6 is 0 Å². The molecule has 0 bridgehead atoms. The third-order valence-electron chi connectivity index (χ3n) is 5.34. The molecule has 0 aliphatic carbocycles. The van der Waals surface area contributed by atoms with E-state index in [0.717, 1.165) is 0 Å². The number of carbonyl (C=O) groups excluding carboxylic acids is 1. The van der Waals surface area contributed by atoms with Crippen LogP contribution in [-0.2, 0) is 22.3 Å². The number of anilines is 1. The molecule has 4 aromatic rings. The van der Waals surface area contributed by atoms with E-state index in [9.17, 15) is 23.9 Å². The van der Waals surface area contributed by atoms with Gasteiger partial charge < -0.3 is 15.4 Å². The van der Waals surface area contributed by atoms with Crippen LogP contribution in [0.2, 0.25) is 0 Å². The number of rotatable bonds is 10. The highest BCUT2D eigenvalue weighted by molar-refractivity contribution is 7.86. The summed E-state index contributed by atoms with van der Waals surface area (Å²) in [5.41, 5.74) is 2.51.